The lowest BCUT2D eigenvalue weighted by atomic mass is 10.1. The van der Waals surface area contributed by atoms with Crippen molar-refractivity contribution in [2.75, 3.05) is 25.0 Å². The van der Waals surface area contributed by atoms with Crippen molar-refractivity contribution in [3.63, 3.8) is 0 Å². The highest BCUT2D eigenvalue weighted by Crippen LogP contribution is 2.34. The number of nitrogens with one attached hydrogen (secondary N) is 1. The van der Waals surface area contributed by atoms with Crippen LogP contribution in [0.2, 0.25) is 0 Å². The smallest absolute Gasteiger partial charge is 0.324 e. The fourth-order valence-electron chi connectivity index (χ4n) is 2.12. The number of halogens is 3. The predicted octanol–water partition coefficient (Wildman–Crippen LogP) is 3.66. The average molecular weight is 327 g/mol. The zero-order valence-corrected chi connectivity index (χ0v) is 13.0. The van der Waals surface area contributed by atoms with E-state index in [2.05, 4.69) is 5.32 Å². The molecule has 1 aromatic carbocycles. The molecule has 0 saturated heterocycles. The van der Waals surface area contributed by atoms with Crippen LogP contribution in [0.4, 0.5) is 18.9 Å². The third kappa shape index (κ3) is 6.70. The van der Waals surface area contributed by atoms with Gasteiger partial charge in [0.1, 0.15) is 0 Å². The zero-order valence-electron chi connectivity index (χ0n) is 13.0. The molecule has 0 aromatic heterocycles. The second-order valence-corrected chi connectivity index (χ2v) is 5.08. The Labute approximate surface area is 133 Å². The van der Waals surface area contributed by atoms with E-state index in [1.165, 1.54) is 18.2 Å². The maximum Gasteiger partial charge on any atom is 0.418 e. The van der Waals surface area contributed by atoms with E-state index in [4.69, 9.17) is 5.26 Å². The summed E-state index contributed by atoms with van der Waals surface area (Å²) in [5.74, 6) is -0.483. The maximum atomic E-state index is 12.9. The molecule has 0 bridgehead atoms. The first-order valence-electron chi connectivity index (χ1n) is 7.43. The highest BCUT2D eigenvalue weighted by molar-refractivity contribution is 5.93. The number of benzene rings is 1. The van der Waals surface area contributed by atoms with E-state index in [-0.39, 0.29) is 12.2 Å². The zero-order chi connectivity index (χ0) is 17.3. The van der Waals surface area contributed by atoms with Gasteiger partial charge in [0, 0.05) is 6.42 Å². The fourth-order valence-corrected chi connectivity index (χ4v) is 2.12. The molecule has 0 radical (unpaired) electrons. The van der Waals surface area contributed by atoms with Gasteiger partial charge in [-0.3, -0.25) is 9.69 Å². The monoisotopic (exact) mass is 327 g/mol. The predicted molar refractivity (Wildman–Crippen MR) is 81.7 cm³/mol. The van der Waals surface area contributed by atoms with E-state index < -0.39 is 17.6 Å². The van der Waals surface area contributed by atoms with E-state index in [1.807, 2.05) is 17.9 Å². The Morgan fingerprint density at radius 2 is 2.00 bits per heavy atom. The number of carbonyl (C=O) groups is 1. The Morgan fingerprint density at radius 1 is 1.30 bits per heavy atom. The van der Waals surface area contributed by atoms with E-state index in [9.17, 15) is 18.0 Å². The number of alkyl halides is 3. The van der Waals surface area contributed by atoms with Crippen LogP contribution >= 0.6 is 0 Å². The summed E-state index contributed by atoms with van der Waals surface area (Å²) in [5.41, 5.74) is -1.09. The van der Waals surface area contributed by atoms with E-state index >= 15 is 0 Å². The Bertz CT molecular complexity index is 552. The molecule has 0 atom stereocenters. The van der Waals surface area contributed by atoms with E-state index in [0.29, 0.717) is 19.5 Å². The molecular formula is C16H20F3N3O. The average Bonchev–Trinajstić information content (AvgIpc) is 2.49. The summed E-state index contributed by atoms with van der Waals surface area (Å²) in [6.07, 6.45) is -2.53. The largest absolute Gasteiger partial charge is 0.418 e. The van der Waals surface area contributed by atoms with Crippen LogP contribution in [0.25, 0.3) is 0 Å². The van der Waals surface area contributed by atoms with Gasteiger partial charge in [-0.25, -0.2) is 0 Å². The second kappa shape index (κ2) is 9.16. The van der Waals surface area contributed by atoms with Gasteiger partial charge in [-0.05, 0) is 38.1 Å². The lowest BCUT2D eigenvalue weighted by Crippen LogP contribution is -2.34. The molecule has 1 rings (SSSR count). The van der Waals surface area contributed by atoms with Gasteiger partial charge < -0.3 is 5.32 Å². The Balaban J connectivity index is 2.61. The first-order valence-corrected chi connectivity index (χ1v) is 7.43. The second-order valence-electron chi connectivity index (χ2n) is 5.08. The highest BCUT2D eigenvalue weighted by atomic mass is 19.4. The van der Waals surface area contributed by atoms with Crippen LogP contribution in [0.3, 0.4) is 0 Å². The minimum Gasteiger partial charge on any atom is -0.324 e. The quantitative estimate of drug-likeness (QED) is 0.741. The van der Waals surface area contributed by atoms with Crippen LogP contribution in [0.15, 0.2) is 24.3 Å². The van der Waals surface area contributed by atoms with Crippen molar-refractivity contribution in [2.24, 2.45) is 0 Å². The first-order chi connectivity index (χ1) is 10.9. The van der Waals surface area contributed by atoms with Crippen molar-refractivity contribution in [1.29, 1.82) is 5.26 Å². The minimum absolute atomic E-state index is 0.0231. The van der Waals surface area contributed by atoms with Crippen LogP contribution in [-0.4, -0.2) is 30.4 Å². The molecule has 4 nitrogen and oxygen atoms in total. The molecule has 1 amide bonds. The summed E-state index contributed by atoms with van der Waals surface area (Å²) in [6, 6.07) is 6.96. The summed E-state index contributed by atoms with van der Waals surface area (Å²) in [4.78, 5) is 13.8. The summed E-state index contributed by atoms with van der Waals surface area (Å²) in [5, 5.41) is 10.8. The lowest BCUT2D eigenvalue weighted by Gasteiger charge is -2.20. The number of anilines is 1. The molecule has 0 aliphatic carbocycles. The van der Waals surface area contributed by atoms with Gasteiger partial charge >= 0.3 is 6.18 Å². The maximum absolute atomic E-state index is 12.9. The van der Waals surface area contributed by atoms with E-state index in [0.717, 1.165) is 18.9 Å². The molecule has 1 aromatic rings. The van der Waals surface area contributed by atoms with Crippen LogP contribution in [0, 0.1) is 11.3 Å². The molecule has 23 heavy (non-hydrogen) atoms. The van der Waals surface area contributed by atoms with Crippen molar-refractivity contribution >= 4 is 11.6 Å². The Kier molecular flexibility index (Phi) is 7.55. The van der Waals surface area contributed by atoms with Crippen LogP contribution in [0.1, 0.15) is 31.7 Å². The first kappa shape index (κ1) is 19.0. The molecule has 126 valence electrons. The molecule has 0 unspecified atom stereocenters. The van der Waals surface area contributed by atoms with Crippen LogP contribution in [0.5, 0.6) is 0 Å². The van der Waals surface area contributed by atoms with Gasteiger partial charge in [0.15, 0.2) is 0 Å². The van der Waals surface area contributed by atoms with Gasteiger partial charge in [0.2, 0.25) is 5.91 Å². The van der Waals surface area contributed by atoms with Gasteiger partial charge in [0.25, 0.3) is 0 Å². The Hall–Kier alpha value is -2.07. The van der Waals surface area contributed by atoms with Crippen molar-refractivity contribution in [1.82, 2.24) is 4.90 Å². The number of para-hydroxylation sites is 1. The summed E-state index contributed by atoms with van der Waals surface area (Å²) in [7, 11) is 0. The van der Waals surface area contributed by atoms with Gasteiger partial charge in [-0.1, -0.05) is 19.1 Å². The molecule has 0 saturated carbocycles. The number of hydrogen-bond acceptors (Lipinski definition) is 3. The SMILES string of the molecule is CCN(CCCCC#N)CC(=O)Nc1ccccc1C(F)(F)F. The number of unbranched alkanes of at least 4 members (excludes halogenated alkanes) is 2. The van der Waals surface area contributed by atoms with Gasteiger partial charge in [-0.15, -0.1) is 0 Å². The number of hydrogen-bond donors (Lipinski definition) is 1. The number of rotatable bonds is 8. The lowest BCUT2D eigenvalue weighted by molar-refractivity contribution is -0.137. The third-order valence-corrected chi connectivity index (χ3v) is 3.33. The molecule has 0 spiro atoms. The van der Waals surface area contributed by atoms with Crippen LogP contribution < -0.4 is 5.32 Å². The van der Waals surface area contributed by atoms with Crippen molar-refractivity contribution in [2.45, 2.75) is 32.4 Å². The minimum atomic E-state index is -4.51. The summed E-state index contributed by atoms with van der Waals surface area (Å²) >= 11 is 0. The number of amides is 1. The Morgan fingerprint density at radius 3 is 2.61 bits per heavy atom. The van der Waals surface area contributed by atoms with Crippen molar-refractivity contribution in [3.8, 4) is 6.07 Å². The third-order valence-electron chi connectivity index (χ3n) is 3.33. The molecule has 0 heterocycles. The fraction of sp³-hybridized carbons (Fsp3) is 0.500. The van der Waals surface area contributed by atoms with Gasteiger partial charge in [-0.2, -0.15) is 18.4 Å². The number of nitrogens with zero attached hydrogens (tertiary/aromatic N) is 2. The van der Waals surface area contributed by atoms with E-state index in [1.54, 1.807) is 0 Å². The standard InChI is InChI=1S/C16H20F3N3O/c1-2-22(11-7-3-6-10-20)12-15(23)21-14-9-5-4-8-13(14)16(17,18)19/h4-5,8-9H,2-3,6-7,11-12H2,1H3,(H,21,23). The molecular weight excluding hydrogens is 307 g/mol. The molecule has 0 aliphatic heterocycles. The van der Waals surface area contributed by atoms with Crippen molar-refractivity contribution < 1.29 is 18.0 Å². The number of carbonyl (C=O) groups excluding carboxylic acids is 1. The molecule has 1 N–H and O–H groups in total. The van der Waals surface area contributed by atoms with Crippen molar-refractivity contribution in [3.05, 3.63) is 29.8 Å². The highest BCUT2D eigenvalue weighted by Gasteiger charge is 2.33. The van der Waals surface area contributed by atoms with Gasteiger partial charge in [0.05, 0.1) is 23.9 Å². The van der Waals surface area contributed by atoms with Crippen LogP contribution in [-0.2, 0) is 11.0 Å². The summed E-state index contributed by atoms with van der Waals surface area (Å²) in [6.45, 7) is 3.14. The number of likely N-dealkylation sites (N-methyl/N-ethyl adjacent to an activating group) is 1. The molecule has 0 aliphatic rings. The summed E-state index contributed by atoms with van der Waals surface area (Å²) < 4.78 is 38.6. The molecule has 7 heteroatoms. The topological polar surface area (TPSA) is 56.1 Å². The normalized spacial score (nSPS) is 11.3. The molecule has 0 fully saturated rings. The number of nitriles is 1.